The largest absolute Gasteiger partial charge is 0.317 e. The Bertz CT molecular complexity index is 1440. The average molecular weight is 492 g/mol. The Labute approximate surface area is 205 Å². The van der Waals surface area contributed by atoms with Gasteiger partial charge in [-0.05, 0) is 56.3 Å². The van der Waals surface area contributed by atoms with E-state index in [0.29, 0.717) is 37.1 Å². The van der Waals surface area contributed by atoms with E-state index in [1.165, 1.54) is 17.4 Å². The highest BCUT2D eigenvalue weighted by molar-refractivity contribution is 7.23. The van der Waals surface area contributed by atoms with Gasteiger partial charge in [0.25, 0.3) is 5.56 Å². The molecule has 0 radical (unpaired) electrons. The number of thiophene rings is 1. The zero-order valence-corrected chi connectivity index (χ0v) is 19.8. The van der Waals surface area contributed by atoms with Gasteiger partial charge in [-0.2, -0.15) is 0 Å². The van der Waals surface area contributed by atoms with Crippen LogP contribution in [0.25, 0.3) is 15.9 Å². The van der Waals surface area contributed by atoms with Crippen molar-refractivity contribution >= 4 is 49.8 Å². The number of nitrogens with one attached hydrogen (secondary N) is 2. The van der Waals surface area contributed by atoms with E-state index in [1.807, 2.05) is 30.3 Å². The number of piperidine rings is 1. The fourth-order valence-corrected chi connectivity index (χ4v) is 5.70. The number of hydrogen-bond acceptors (Lipinski definition) is 5. The van der Waals surface area contributed by atoms with Crippen LogP contribution in [0, 0.1) is 5.92 Å². The van der Waals surface area contributed by atoms with Crippen molar-refractivity contribution in [2.45, 2.75) is 12.8 Å². The minimum Gasteiger partial charge on any atom is -0.317 e. The van der Waals surface area contributed by atoms with Gasteiger partial charge >= 0.3 is 0 Å². The number of fused-ring (bicyclic) bond motifs is 1. The lowest BCUT2D eigenvalue weighted by Crippen LogP contribution is -2.34. The van der Waals surface area contributed by atoms with Crippen molar-refractivity contribution in [2.75, 3.05) is 18.4 Å². The molecule has 0 unspecified atom stereocenters. The Kier molecular flexibility index (Phi) is 6.32. The lowest BCUT2D eigenvalue weighted by atomic mass is 9.97. The van der Waals surface area contributed by atoms with E-state index in [9.17, 15) is 14.4 Å². The Hall–Kier alpha value is -3.26. The highest BCUT2D eigenvalue weighted by Gasteiger charge is 2.27. The summed E-state index contributed by atoms with van der Waals surface area (Å²) in [6.07, 6.45) is 1.48. The number of carbonyl (C=O) groups is 2. The standard InChI is InChI=1S/C26H22ClN3O3S/c27-18-6-4-5-17(15-18)23(32)22-20-9-10-21(31)30(19-7-2-1-3-8-19)26(20)34-25(22)29-24(33)16-11-13-28-14-12-16/h1-10,15-16,28H,11-14H2,(H,29,33). The van der Waals surface area contributed by atoms with Crippen LogP contribution >= 0.6 is 22.9 Å². The Morgan fingerprint density at radius 1 is 1.00 bits per heavy atom. The number of amides is 1. The lowest BCUT2D eigenvalue weighted by molar-refractivity contribution is -0.120. The molecule has 2 aromatic carbocycles. The quantitative estimate of drug-likeness (QED) is 0.390. The van der Waals surface area contributed by atoms with E-state index in [0.717, 1.165) is 25.9 Å². The second-order valence-corrected chi connectivity index (χ2v) is 9.66. The van der Waals surface area contributed by atoms with Gasteiger partial charge in [0.1, 0.15) is 9.83 Å². The Balaban J connectivity index is 1.68. The van der Waals surface area contributed by atoms with Gasteiger partial charge in [-0.15, -0.1) is 0 Å². The van der Waals surface area contributed by atoms with E-state index in [1.54, 1.807) is 34.9 Å². The molecule has 1 aliphatic heterocycles. The molecule has 0 aliphatic carbocycles. The first-order valence-electron chi connectivity index (χ1n) is 11.1. The second-order valence-electron chi connectivity index (χ2n) is 8.22. The molecule has 8 heteroatoms. The number of pyridine rings is 1. The maximum Gasteiger partial charge on any atom is 0.256 e. The van der Waals surface area contributed by atoms with Gasteiger partial charge in [-0.25, -0.2) is 0 Å². The number of rotatable bonds is 5. The summed E-state index contributed by atoms with van der Waals surface area (Å²) in [4.78, 5) is 40.3. The third kappa shape index (κ3) is 4.30. The fraction of sp³-hybridized carbons (Fsp3) is 0.192. The molecule has 2 aromatic heterocycles. The first kappa shape index (κ1) is 22.5. The van der Waals surface area contributed by atoms with Crippen molar-refractivity contribution in [3.8, 4) is 5.69 Å². The molecule has 1 aliphatic rings. The molecule has 5 rings (SSSR count). The predicted octanol–water partition coefficient (Wildman–Crippen LogP) is 4.87. The van der Waals surface area contributed by atoms with Crippen LogP contribution in [-0.2, 0) is 4.79 Å². The first-order valence-corrected chi connectivity index (χ1v) is 12.3. The molecule has 172 valence electrons. The monoisotopic (exact) mass is 491 g/mol. The molecule has 1 amide bonds. The SMILES string of the molecule is O=C(c1cccc(Cl)c1)c1c(NC(=O)C2CCNCC2)sc2c1ccc(=O)n2-c1ccccc1. The van der Waals surface area contributed by atoms with Gasteiger partial charge in [-0.1, -0.05) is 53.3 Å². The molecule has 4 aromatic rings. The van der Waals surface area contributed by atoms with Gasteiger partial charge in [0.05, 0.1) is 11.3 Å². The first-order chi connectivity index (χ1) is 16.5. The summed E-state index contributed by atoms with van der Waals surface area (Å²) in [6, 6.07) is 19.1. The molecule has 0 spiro atoms. The third-order valence-corrected chi connectivity index (χ3v) is 7.36. The summed E-state index contributed by atoms with van der Waals surface area (Å²) in [5.74, 6) is -0.494. The maximum absolute atomic E-state index is 13.7. The number of aromatic nitrogens is 1. The number of para-hydroxylation sites is 1. The molecular formula is C26H22ClN3O3S. The molecular weight excluding hydrogens is 470 g/mol. The van der Waals surface area contributed by atoms with Crippen molar-refractivity contribution in [1.29, 1.82) is 0 Å². The van der Waals surface area contributed by atoms with Gasteiger partial charge in [0.2, 0.25) is 5.91 Å². The Morgan fingerprint density at radius 2 is 1.76 bits per heavy atom. The minimum atomic E-state index is -0.257. The fourth-order valence-electron chi connectivity index (χ4n) is 4.29. The van der Waals surface area contributed by atoms with Crippen molar-refractivity contribution in [2.24, 2.45) is 5.92 Å². The highest BCUT2D eigenvalue weighted by atomic mass is 35.5. The molecule has 6 nitrogen and oxygen atoms in total. The van der Waals surface area contributed by atoms with Crippen LogP contribution < -0.4 is 16.2 Å². The summed E-state index contributed by atoms with van der Waals surface area (Å²) in [6.45, 7) is 1.57. The zero-order valence-electron chi connectivity index (χ0n) is 18.2. The molecule has 2 N–H and O–H groups in total. The summed E-state index contributed by atoms with van der Waals surface area (Å²) < 4.78 is 1.58. The number of carbonyl (C=O) groups excluding carboxylic acids is 2. The average Bonchev–Trinajstić information content (AvgIpc) is 3.22. The van der Waals surface area contributed by atoms with E-state index < -0.39 is 0 Å². The van der Waals surface area contributed by atoms with E-state index in [-0.39, 0.29) is 23.2 Å². The molecule has 1 fully saturated rings. The minimum absolute atomic E-state index is 0.109. The zero-order chi connectivity index (χ0) is 23.7. The van der Waals surface area contributed by atoms with Crippen molar-refractivity contribution in [3.05, 3.63) is 93.2 Å². The van der Waals surface area contributed by atoms with Crippen LogP contribution in [-0.4, -0.2) is 29.3 Å². The number of halogens is 1. The van der Waals surface area contributed by atoms with Crippen molar-refractivity contribution < 1.29 is 9.59 Å². The van der Waals surface area contributed by atoms with Crippen LogP contribution in [0.3, 0.4) is 0 Å². The lowest BCUT2D eigenvalue weighted by Gasteiger charge is -2.21. The van der Waals surface area contributed by atoms with E-state index in [2.05, 4.69) is 10.6 Å². The van der Waals surface area contributed by atoms with Gasteiger partial charge < -0.3 is 10.6 Å². The number of hydrogen-bond donors (Lipinski definition) is 2. The smallest absolute Gasteiger partial charge is 0.256 e. The third-order valence-electron chi connectivity index (χ3n) is 6.02. The summed E-state index contributed by atoms with van der Waals surface area (Å²) in [7, 11) is 0. The molecule has 0 atom stereocenters. The van der Waals surface area contributed by atoms with Crippen LogP contribution in [0.5, 0.6) is 0 Å². The van der Waals surface area contributed by atoms with E-state index >= 15 is 0 Å². The van der Waals surface area contributed by atoms with Gasteiger partial charge in [0, 0.05) is 28.0 Å². The Morgan fingerprint density at radius 3 is 2.50 bits per heavy atom. The predicted molar refractivity (Wildman–Crippen MR) is 137 cm³/mol. The molecule has 34 heavy (non-hydrogen) atoms. The van der Waals surface area contributed by atoms with Crippen molar-refractivity contribution in [1.82, 2.24) is 9.88 Å². The maximum atomic E-state index is 13.7. The molecule has 1 saturated heterocycles. The molecule has 0 saturated carbocycles. The summed E-state index contributed by atoms with van der Waals surface area (Å²) in [5, 5.41) is 7.78. The molecule has 0 bridgehead atoms. The van der Waals surface area contributed by atoms with Gasteiger partial charge in [-0.3, -0.25) is 19.0 Å². The normalized spacial score (nSPS) is 14.3. The van der Waals surface area contributed by atoms with Crippen LogP contribution in [0.4, 0.5) is 5.00 Å². The van der Waals surface area contributed by atoms with Crippen molar-refractivity contribution in [3.63, 3.8) is 0 Å². The van der Waals surface area contributed by atoms with Crippen LogP contribution in [0.1, 0.15) is 28.8 Å². The number of ketones is 1. The van der Waals surface area contributed by atoms with Gasteiger partial charge in [0.15, 0.2) is 5.78 Å². The van der Waals surface area contributed by atoms with Crippen LogP contribution in [0.2, 0.25) is 5.02 Å². The van der Waals surface area contributed by atoms with E-state index in [4.69, 9.17) is 11.6 Å². The number of nitrogens with zero attached hydrogens (tertiary/aromatic N) is 1. The highest BCUT2D eigenvalue weighted by Crippen LogP contribution is 2.38. The summed E-state index contributed by atoms with van der Waals surface area (Å²) >= 11 is 7.39. The van der Waals surface area contributed by atoms with Crippen LogP contribution in [0.15, 0.2) is 71.5 Å². The number of benzene rings is 2. The second kappa shape index (κ2) is 9.54. The summed E-state index contributed by atoms with van der Waals surface area (Å²) in [5.41, 5.74) is 1.27. The number of anilines is 1. The molecule has 3 heterocycles. The topological polar surface area (TPSA) is 80.2 Å².